The van der Waals surface area contributed by atoms with Gasteiger partial charge in [0, 0.05) is 0 Å². The molecule has 1 aromatic heterocycles. The van der Waals surface area contributed by atoms with E-state index in [1.54, 1.807) is 0 Å². The lowest BCUT2D eigenvalue weighted by atomic mass is 10.3. The van der Waals surface area contributed by atoms with E-state index in [9.17, 15) is 9.59 Å². The normalized spacial score (nSPS) is 9.43. The lowest BCUT2D eigenvalue weighted by molar-refractivity contribution is -0.135. The van der Waals surface area contributed by atoms with Gasteiger partial charge in [-0.1, -0.05) is 0 Å². The number of carbonyl (C=O) groups excluding carboxylic acids is 1. The van der Waals surface area contributed by atoms with E-state index in [0.717, 1.165) is 12.5 Å². The van der Waals surface area contributed by atoms with Gasteiger partial charge in [0.25, 0.3) is 5.91 Å². The number of aromatic nitrogens is 2. The molecule has 1 rings (SSSR count). The van der Waals surface area contributed by atoms with Gasteiger partial charge in [0.1, 0.15) is 12.9 Å². The van der Waals surface area contributed by atoms with Gasteiger partial charge in [0.05, 0.1) is 6.20 Å². The van der Waals surface area contributed by atoms with Crippen molar-refractivity contribution in [2.24, 2.45) is 0 Å². The maximum Gasteiger partial charge on any atom is 0.322 e. The van der Waals surface area contributed by atoms with Crippen LogP contribution in [0, 0.1) is 0 Å². The van der Waals surface area contributed by atoms with Gasteiger partial charge in [-0.15, -0.1) is 0 Å². The van der Waals surface area contributed by atoms with Crippen molar-refractivity contribution >= 4 is 11.9 Å². The summed E-state index contributed by atoms with van der Waals surface area (Å²) >= 11 is 0. The Hall–Kier alpha value is -2.18. The summed E-state index contributed by atoms with van der Waals surface area (Å²) in [6, 6.07) is 0. The second kappa shape index (κ2) is 4.17. The second-order valence-electron chi connectivity index (χ2n) is 2.33. The van der Waals surface area contributed by atoms with Gasteiger partial charge in [0.15, 0.2) is 11.4 Å². The summed E-state index contributed by atoms with van der Waals surface area (Å²) in [4.78, 5) is 28.2. The number of carboxylic acids is 1. The van der Waals surface area contributed by atoms with Crippen LogP contribution in [0.3, 0.4) is 0 Å². The number of aromatic hydroxyl groups is 1. The van der Waals surface area contributed by atoms with Crippen LogP contribution in [-0.4, -0.2) is 38.6 Å². The van der Waals surface area contributed by atoms with Crippen molar-refractivity contribution in [2.45, 2.75) is 0 Å². The molecule has 0 aliphatic carbocycles. The number of carboxylic acid groups (broad SMARTS) is 1. The lowest BCUT2D eigenvalue weighted by Gasteiger charge is -2.01. The summed E-state index contributed by atoms with van der Waals surface area (Å²) in [5.74, 6) is -2.32. The average molecular weight is 197 g/mol. The van der Waals surface area contributed by atoms with Crippen LogP contribution in [0.2, 0.25) is 0 Å². The van der Waals surface area contributed by atoms with Crippen molar-refractivity contribution < 1.29 is 19.8 Å². The molecule has 1 aromatic rings. The highest BCUT2D eigenvalue weighted by Gasteiger charge is 2.12. The first-order chi connectivity index (χ1) is 6.61. The third-order valence-electron chi connectivity index (χ3n) is 1.31. The Labute approximate surface area is 78.4 Å². The highest BCUT2D eigenvalue weighted by Crippen LogP contribution is 2.09. The minimum absolute atomic E-state index is 0.249. The predicted octanol–water partition coefficient (Wildman–Crippen LogP) is -1.00. The van der Waals surface area contributed by atoms with E-state index in [2.05, 4.69) is 15.3 Å². The summed E-state index contributed by atoms with van der Waals surface area (Å²) in [6.45, 7) is -0.526. The van der Waals surface area contributed by atoms with Crippen LogP contribution in [0.1, 0.15) is 10.5 Å². The van der Waals surface area contributed by atoms with E-state index < -0.39 is 24.2 Å². The fraction of sp³-hybridized carbons (Fsp3) is 0.143. The highest BCUT2D eigenvalue weighted by molar-refractivity contribution is 5.96. The van der Waals surface area contributed by atoms with Crippen molar-refractivity contribution in [1.29, 1.82) is 0 Å². The molecule has 0 radical (unpaired) electrons. The zero-order valence-corrected chi connectivity index (χ0v) is 6.97. The number of aliphatic carboxylic acids is 1. The minimum Gasteiger partial charge on any atom is -0.504 e. The summed E-state index contributed by atoms with van der Waals surface area (Å²) in [6.07, 6.45) is 2.12. The molecule has 0 aliphatic rings. The van der Waals surface area contributed by atoms with Crippen LogP contribution in [0.5, 0.6) is 5.75 Å². The fourth-order valence-corrected chi connectivity index (χ4v) is 0.737. The van der Waals surface area contributed by atoms with Crippen molar-refractivity contribution in [3.8, 4) is 5.75 Å². The molecule has 0 spiro atoms. The third-order valence-corrected chi connectivity index (χ3v) is 1.31. The van der Waals surface area contributed by atoms with Crippen molar-refractivity contribution in [3.63, 3.8) is 0 Å². The molecule has 1 heterocycles. The monoisotopic (exact) mass is 197 g/mol. The standard InChI is InChI=1S/C7H7N3O4/c11-4-1-8-3-10-6(4)7(14)9-2-5(12)13/h1,3,11H,2H2,(H,9,14)(H,12,13). The highest BCUT2D eigenvalue weighted by atomic mass is 16.4. The number of hydrogen-bond donors (Lipinski definition) is 3. The number of carbonyl (C=O) groups is 2. The Balaban J connectivity index is 2.70. The molecular weight excluding hydrogens is 190 g/mol. The molecule has 0 unspecified atom stereocenters. The maximum absolute atomic E-state index is 11.1. The van der Waals surface area contributed by atoms with Gasteiger partial charge in [-0.25, -0.2) is 9.97 Å². The Kier molecular flexibility index (Phi) is 2.95. The minimum atomic E-state index is -1.17. The lowest BCUT2D eigenvalue weighted by Crippen LogP contribution is -2.29. The molecule has 7 nitrogen and oxygen atoms in total. The average Bonchev–Trinajstić information content (AvgIpc) is 2.15. The Bertz CT molecular complexity index is 366. The molecular formula is C7H7N3O4. The maximum atomic E-state index is 11.1. The number of rotatable bonds is 3. The first-order valence-electron chi connectivity index (χ1n) is 3.60. The zero-order chi connectivity index (χ0) is 10.6. The van der Waals surface area contributed by atoms with Gasteiger partial charge in [-0.3, -0.25) is 9.59 Å². The molecule has 14 heavy (non-hydrogen) atoms. The van der Waals surface area contributed by atoms with Crippen LogP contribution in [-0.2, 0) is 4.79 Å². The molecule has 0 atom stereocenters. The summed E-state index contributed by atoms with van der Waals surface area (Å²) in [5, 5.41) is 19.4. The second-order valence-corrected chi connectivity index (χ2v) is 2.33. The Morgan fingerprint density at radius 2 is 2.21 bits per heavy atom. The van der Waals surface area contributed by atoms with E-state index in [-0.39, 0.29) is 5.69 Å². The smallest absolute Gasteiger partial charge is 0.322 e. The van der Waals surface area contributed by atoms with Gasteiger partial charge < -0.3 is 15.5 Å². The van der Waals surface area contributed by atoms with Crippen LogP contribution in [0.4, 0.5) is 0 Å². The van der Waals surface area contributed by atoms with Gasteiger partial charge in [0.2, 0.25) is 0 Å². The van der Waals surface area contributed by atoms with E-state index >= 15 is 0 Å². The first-order valence-corrected chi connectivity index (χ1v) is 3.60. The molecule has 0 aromatic carbocycles. The number of nitrogens with one attached hydrogen (secondary N) is 1. The molecule has 0 bridgehead atoms. The van der Waals surface area contributed by atoms with E-state index in [1.807, 2.05) is 0 Å². The first kappa shape index (κ1) is 9.90. The van der Waals surface area contributed by atoms with E-state index in [1.165, 1.54) is 0 Å². The van der Waals surface area contributed by atoms with Crippen LogP contribution >= 0.6 is 0 Å². The Morgan fingerprint density at radius 1 is 1.50 bits per heavy atom. The molecule has 74 valence electrons. The van der Waals surface area contributed by atoms with Gasteiger partial charge in [-0.2, -0.15) is 0 Å². The largest absolute Gasteiger partial charge is 0.504 e. The molecule has 0 aliphatic heterocycles. The molecule has 0 saturated carbocycles. The Morgan fingerprint density at radius 3 is 2.79 bits per heavy atom. The van der Waals surface area contributed by atoms with Crippen LogP contribution in [0.25, 0.3) is 0 Å². The fourth-order valence-electron chi connectivity index (χ4n) is 0.737. The number of hydrogen-bond acceptors (Lipinski definition) is 5. The molecule has 0 fully saturated rings. The van der Waals surface area contributed by atoms with Crippen LogP contribution < -0.4 is 5.32 Å². The molecule has 1 amide bonds. The summed E-state index contributed by atoms with van der Waals surface area (Å²) in [5.41, 5.74) is -0.249. The number of nitrogens with zero attached hydrogens (tertiary/aromatic N) is 2. The molecule has 0 saturated heterocycles. The topological polar surface area (TPSA) is 112 Å². The quantitative estimate of drug-likeness (QED) is 0.572. The SMILES string of the molecule is O=C(O)CNC(=O)c1ncncc1O. The summed E-state index contributed by atoms with van der Waals surface area (Å²) in [7, 11) is 0. The van der Waals surface area contributed by atoms with Crippen LogP contribution in [0.15, 0.2) is 12.5 Å². The predicted molar refractivity (Wildman–Crippen MR) is 43.7 cm³/mol. The summed E-state index contributed by atoms with van der Waals surface area (Å²) < 4.78 is 0. The van der Waals surface area contributed by atoms with E-state index in [0.29, 0.717) is 0 Å². The van der Waals surface area contributed by atoms with Crippen molar-refractivity contribution in [1.82, 2.24) is 15.3 Å². The zero-order valence-electron chi connectivity index (χ0n) is 6.97. The van der Waals surface area contributed by atoms with E-state index in [4.69, 9.17) is 10.2 Å². The third kappa shape index (κ3) is 2.41. The molecule has 7 heteroatoms. The number of amides is 1. The van der Waals surface area contributed by atoms with Gasteiger partial charge in [-0.05, 0) is 0 Å². The molecule has 3 N–H and O–H groups in total. The van der Waals surface area contributed by atoms with Crippen molar-refractivity contribution in [2.75, 3.05) is 6.54 Å². The van der Waals surface area contributed by atoms with Crippen molar-refractivity contribution in [3.05, 3.63) is 18.2 Å². The van der Waals surface area contributed by atoms with Gasteiger partial charge >= 0.3 is 5.97 Å².